The molecule has 0 spiro atoms. The highest BCUT2D eigenvalue weighted by molar-refractivity contribution is 8.15. The number of ether oxygens (including phenoxy) is 1. The van der Waals surface area contributed by atoms with Crippen LogP contribution < -0.4 is 10.1 Å². The number of thioether (sulfide) groups is 1. The molecule has 1 aliphatic rings. The fourth-order valence-electron chi connectivity index (χ4n) is 2.39. The molecule has 0 saturated heterocycles. The minimum atomic E-state index is -0.363. The first-order chi connectivity index (χ1) is 9.67. The van der Waals surface area contributed by atoms with Gasteiger partial charge >= 0.3 is 0 Å². The van der Waals surface area contributed by atoms with Gasteiger partial charge in [-0.2, -0.15) is 0 Å². The Morgan fingerprint density at radius 3 is 2.80 bits per heavy atom. The van der Waals surface area contributed by atoms with Crippen molar-refractivity contribution < 1.29 is 9.13 Å². The summed E-state index contributed by atoms with van der Waals surface area (Å²) in [5.74, 6) is 0.583. The molecule has 1 aliphatic heterocycles. The lowest BCUT2D eigenvalue weighted by molar-refractivity contribution is 0.387. The van der Waals surface area contributed by atoms with E-state index in [1.807, 2.05) is 0 Å². The molecule has 0 bridgehead atoms. The lowest BCUT2D eigenvalue weighted by atomic mass is 9.99. The molecule has 0 amide bonds. The summed E-state index contributed by atoms with van der Waals surface area (Å²) in [6, 6.07) is 4.86. The molecule has 0 saturated carbocycles. The smallest absolute Gasteiger partial charge is 0.167 e. The Morgan fingerprint density at radius 2 is 2.20 bits per heavy atom. The zero-order valence-corrected chi connectivity index (χ0v) is 13.0. The van der Waals surface area contributed by atoms with Crippen LogP contribution in [0.5, 0.6) is 5.75 Å². The van der Waals surface area contributed by atoms with Gasteiger partial charge in [0.05, 0.1) is 13.7 Å². The summed E-state index contributed by atoms with van der Waals surface area (Å²) < 4.78 is 18.5. The Balaban J connectivity index is 1.97. The molecule has 1 unspecified atom stereocenters. The Bertz CT molecular complexity index is 489. The summed E-state index contributed by atoms with van der Waals surface area (Å²) in [4.78, 5) is 4.52. The molecular weight excluding hydrogens is 275 g/mol. The Labute approximate surface area is 124 Å². The first-order valence-corrected chi connectivity index (χ1v) is 7.87. The van der Waals surface area contributed by atoms with Crippen LogP contribution >= 0.6 is 11.8 Å². The van der Waals surface area contributed by atoms with Crippen LogP contribution in [-0.4, -0.2) is 24.1 Å². The second-order valence-electron chi connectivity index (χ2n) is 4.85. The average Bonchev–Trinajstić information content (AvgIpc) is 2.89. The topological polar surface area (TPSA) is 33.6 Å². The van der Waals surface area contributed by atoms with E-state index in [1.165, 1.54) is 26.0 Å². The minimum absolute atomic E-state index is 0.256. The molecule has 1 aromatic rings. The Kier molecular flexibility index (Phi) is 5.29. The van der Waals surface area contributed by atoms with Gasteiger partial charge in [-0.25, -0.2) is 4.39 Å². The first-order valence-electron chi connectivity index (χ1n) is 6.99. The van der Waals surface area contributed by atoms with E-state index in [4.69, 9.17) is 4.74 Å². The predicted molar refractivity (Wildman–Crippen MR) is 84.3 cm³/mol. The van der Waals surface area contributed by atoms with E-state index < -0.39 is 0 Å². The molecule has 20 heavy (non-hydrogen) atoms. The van der Waals surface area contributed by atoms with Crippen LogP contribution in [0.2, 0.25) is 0 Å². The molecule has 2 rings (SSSR count). The summed E-state index contributed by atoms with van der Waals surface area (Å²) >= 11 is 1.76. The third kappa shape index (κ3) is 3.45. The lowest BCUT2D eigenvalue weighted by Crippen LogP contribution is -2.17. The molecule has 0 aliphatic carbocycles. The van der Waals surface area contributed by atoms with Crippen LogP contribution in [0.1, 0.15) is 26.7 Å². The van der Waals surface area contributed by atoms with E-state index in [2.05, 4.69) is 24.2 Å². The van der Waals surface area contributed by atoms with Gasteiger partial charge in [0, 0.05) is 17.0 Å². The molecule has 0 fully saturated rings. The van der Waals surface area contributed by atoms with Crippen molar-refractivity contribution in [3.05, 3.63) is 24.0 Å². The van der Waals surface area contributed by atoms with Crippen molar-refractivity contribution in [2.45, 2.75) is 31.9 Å². The molecule has 1 aromatic carbocycles. The molecule has 0 aromatic heterocycles. The number of anilines is 1. The van der Waals surface area contributed by atoms with E-state index in [1.54, 1.807) is 23.9 Å². The number of nitrogens with one attached hydrogen (secondary N) is 1. The second-order valence-corrected chi connectivity index (χ2v) is 6.08. The van der Waals surface area contributed by atoms with E-state index in [9.17, 15) is 4.39 Å². The largest absolute Gasteiger partial charge is 0.494 e. The maximum Gasteiger partial charge on any atom is 0.167 e. The molecule has 1 heterocycles. The molecular formula is C15H21FN2OS. The molecule has 3 nitrogen and oxygen atoms in total. The van der Waals surface area contributed by atoms with E-state index >= 15 is 0 Å². The maximum absolute atomic E-state index is 13.6. The molecule has 0 radical (unpaired) electrons. The van der Waals surface area contributed by atoms with Crippen molar-refractivity contribution >= 4 is 22.6 Å². The molecule has 110 valence electrons. The summed E-state index contributed by atoms with van der Waals surface area (Å²) in [5.41, 5.74) is 0.708. The van der Waals surface area contributed by atoms with E-state index in [0.29, 0.717) is 16.9 Å². The van der Waals surface area contributed by atoms with Crippen LogP contribution in [0, 0.1) is 11.7 Å². The quantitative estimate of drug-likeness (QED) is 0.886. The van der Waals surface area contributed by atoms with Crippen molar-refractivity contribution in [1.82, 2.24) is 0 Å². The summed E-state index contributed by atoms with van der Waals surface area (Å²) in [6.45, 7) is 5.29. The van der Waals surface area contributed by atoms with Crippen molar-refractivity contribution in [3.8, 4) is 5.75 Å². The number of aliphatic imine (C=N–C) groups is 1. The highest BCUT2D eigenvalue weighted by Gasteiger charge is 2.25. The van der Waals surface area contributed by atoms with Crippen molar-refractivity contribution in [2.24, 2.45) is 10.9 Å². The average molecular weight is 296 g/mol. The highest BCUT2D eigenvalue weighted by Crippen LogP contribution is 2.32. The van der Waals surface area contributed by atoms with Crippen molar-refractivity contribution in [3.63, 3.8) is 0 Å². The van der Waals surface area contributed by atoms with Gasteiger partial charge in [0.25, 0.3) is 0 Å². The lowest BCUT2D eigenvalue weighted by Gasteiger charge is -2.18. The minimum Gasteiger partial charge on any atom is -0.494 e. The van der Waals surface area contributed by atoms with E-state index in [0.717, 1.165) is 11.7 Å². The monoisotopic (exact) mass is 296 g/mol. The standard InChI is InChI=1S/C15H21FN2OS/c1-4-10(5-2)14-9-17-15(20-14)18-11-6-7-13(19-3)12(16)8-11/h6-8,10,14H,4-5,9H2,1-3H3,(H,17,18). The third-order valence-electron chi connectivity index (χ3n) is 3.66. The predicted octanol–water partition coefficient (Wildman–Crippen LogP) is 4.15. The fraction of sp³-hybridized carbons (Fsp3) is 0.533. The second kappa shape index (κ2) is 6.97. The fourth-order valence-corrected chi connectivity index (χ4v) is 3.73. The Hall–Kier alpha value is -1.23. The van der Waals surface area contributed by atoms with Crippen LogP contribution in [0.3, 0.4) is 0 Å². The molecule has 1 N–H and O–H groups in total. The summed E-state index contributed by atoms with van der Waals surface area (Å²) in [6.07, 6.45) is 2.35. The van der Waals surface area contributed by atoms with Crippen molar-refractivity contribution in [1.29, 1.82) is 0 Å². The highest BCUT2D eigenvalue weighted by atomic mass is 32.2. The normalized spacial score (nSPS) is 18.2. The number of halogens is 1. The molecule has 5 heteroatoms. The van der Waals surface area contributed by atoms with Gasteiger partial charge in [-0.15, -0.1) is 0 Å². The molecule has 1 atom stereocenters. The first kappa shape index (κ1) is 15.2. The zero-order chi connectivity index (χ0) is 14.5. The number of hydrogen-bond acceptors (Lipinski definition) is 4. The summed E-state index contributed by atoms with van der Waals surface area (Å²) in [5, 5.41) is 4.60. The number of hydrogen-bond donors (Lipinski definition) is 1. The number of benzene rings is 1. The summed E-state index contributed by atoms with van der Waals surface area (Å²) in [7, 11) is 1.46. The number of methoxy groups -OCH3 is 1. The van der Waals surface area contributed by atoms with Crippen LogP contribution in [0.15, 0.2) is 23.2 Å². The maximum atomic E-state index is 13.6. The van der Waals surface area contributed by atoms with Gasteiger partial charge < -0.3 is 10.1 Å². The SMILES string of the molecule is CCC(CC)C1CN=C(Nc2ccc(OC)c(F)c2)S1. The van der Waals surface area contributed by atoms with E-state index in [-0.39, 0.29) is 11.6 Å². The van der Waals surface area contributed by atoms with Crippen LogP contribution in [0.25, 0.3) is 0 Å². The van der Waals surface area contributed by atoms with Gasteiger partial charge in [0.1, 0.15) is 0 Å². The third-order valence-corrected chi connectivity index (χ3v) is 4.95. The van der Waals surface area contributed by atoms with Gasteiger partial charge in [0.15, 0.2) is 16.7 Å². The van der Waals surface area contributed by atoms with Gasteiger partial charge in [-0.3, -0.25) is 4.99 Å². The number of rotatable bonds is 5. The van der Waals surface area contributed by atoms with Gasteiger partial charge in [-0.1, -0.05) is 38.5 Å². The number of nitrogens with zero attached hydrogens (tertiary/aromatic N) is 1. The van der Waals surface area contributed by atoms with Crippen molar-refractivity contribution in [2.75, 3.05) is 19.0 Å². The van der Waals surface area contributed by atoms with Gasteiger partial charge in [-0.05, 0) is 18.1 Å². The Morgan fingerprint density at radius 1 is 1.45 bits per heavy atom. The van der Waals surface area contributed by atoms with Crippen LogP contribution in [0.4, 0.5) is 10.1 Å². The zero-order valence-electron chi connectivity index (χ0n) is 12.1. The van der Waals surface area contributed by atoms with Gasteiger partial charge in [0.2, 0.25) is 0 Å². The number of amidine groups is 1. The van der Waals surface area contributed by atoms with Crippen LogP contribution in [-0.2, 0) is 0 Å².